The summed E-state index contributed by atoms with van der Waals surface area (Å²) >= 11 is 0. The molecule has 0 unspecified atom stereocenters. The summed E-state index contributed by atoms with van der Waals surface area (Å²) in [5.41, 5.74) is 1.74. The number of amides is 3. The second kappa shape index (κ2) is 7.11. The summed E-state index contributed by atoms with van der Waals surface area (Å²) in [6, 6.07) is 7.59. The molecule has 1 aromatic carbocycles. The summed E-state index contributed by atoms with van der Waals surface area (Å²) in [5.74, 6) is 0.0571. The number of hydrogen-bond donors (Lipinski definition) is 1. The van der Waals surface area contributed by atoms with Crippen LogP contribution >= 0.6 is 0 Å². The lowest BCUT2D eigenvalue weighted by atomic mass is 10.1. The zero-order valence-electron chi connectivity index (χ0n) is 12.8. The SMILES string of the molecule is CCCNC(=O)N1CCN(C(=O)c2ccccc2C)CC1. The van der Waals surface area contributed by atoms with E-state index in [1.807, 2.05) is 43.0 Å². The minimum absolute atomic E-state index is 0.0279. The quantitative estimate of drug-likeness (QED) is 0.923. The molecule has 5 nitrogen and oxygen atoms in total. The summed E-state index contributed by atoms with van der Waals surface area (Å²) in [7, 11) is 0. The molecule has 0 atom stereocenters. The van der Waals surface area contributed by atoms with Crippen molar-refractivity contribution in [1.29, 1.82) is 0 Å². The Morgan fingerprint density at radius 1 is 1.10 bits per heavy atom. The number of urea groups is 1. The highest BCUT2D eigenvalue weighted by atomic mass is 16.2. The molecule has 2 rings (SSSR count). The summed E-state index contributed by atoms with van der Waals surface area (Å²) in [6.45, 7) is 7.03. The van der Waals surface area contributed by atoms with E-state index in [4.69, 9.17) is 0 Å². The highest BCUT2D eigenvalue weighted by molar-refractivity contribution is 5.95. The van der Waals surface area contributed by atoms with E-state index in [0.717, 1.165) is 17.5 Å². The van der Waals surface area contributed by atoms with Gasteiger partial charge in [-0.05, 0) is 25.0 Å². The second-order valence-corrected chi connectivity index (χ2v) is 5.33. The van der Waals surface area contributed by atoms with Gasteiger partial charge in [-0.15, -0.1) is 0 Å². The molecule has 0 saturated carbocycles. The predicted molar refractivity (Wildman–Crippen MR) is 82.3 cm³/mol. The summed E-state index contributed by atoms with van der Waals surface area (Å²) in [6.07, 6.45) is 0.928. The van der Waals surface area contributed by atoms with E-state index in [1.54, 1.807) is 4.90 Å². The first kappa shape index (κ1) is 15.4. The number of rotatable bonds is 3. The van der Waals surface area contributed by atoms with Gasteiger partial charge in [-0.2, -0.15) is 0 Å². The van der Waals surface area contributed by atoms with Crippen LogP contribution in [0.15, 0.2) is 24.3 Å². The van der Waals surface area contributed by atoms with Gasteiger partial charge in [-0.25, -0.2) is 4.79 Å². The molecule has 1 fully saturated rings. The molecular weight excluding hydrogens is 266 g/mol. The van der Waals surface area contributed by atoms with Crippen LogP contribution in [0.1, 0.15) is 29.3 Å². The van der Waals surface area contributed by atoms with Crippen LogP contribution in [-0.4, -0.2) is 54.5 Å². The van der Waals surface area contributed by atoms with Gasteiger partial charge in [-0.1, -0.05) is 25.1 Å². The maximum absolute atomic E-state index is 12.5. The molecule has 1 saturated heterocycles. The maximum atomic E-state index is 12.5. The number of hydrogen-bond acceptors (Lipinski definition) is 2. The first-order chi connectivity index (χ1) is 10.1. The third kappa shape index (κ3) is 3.74. The van der Waals surface area contributed by atoms with E-state index in [0.29, 0.717) is 32.7 Å². The third-order valence-electron chi connectivity index (χ3n) is 3.76. The lowest BCUT2D eigenvalue weighted by Crippen LogP contribution is -2.53. The van der Waals surface area contributed by atoms with Crippen LogP contribution in [0.3, 0.4) is 0 Å². The molecule has 1 heterocycles. The molecule has 1 aliphatic heterocycles. The van der Waals surface area contributed by atoms with Crippen molar-refractivity contribution in [3.05, 3.63) is 35.4 Å². The number of carbonyl (C=O) groups is 2. The van der Waals surface area contributed by atoms with E-state index in [-0.39, 0.29) is 11.9 Å². The summed E-state index contributed by atoms with van der Waals surface area (Å²) in [4.78, 5) is 27.9. The molecule has 21 heavy (non-hydrogen) atoms. The number of nitrogens with one attached hydrogen (secondary N) is 1. The molecule has 0 aliphatic carbocycles. The Hall–Kier alpha value is -2.04. The fourth-order valence-corrected chi connectivity index (χ4v) is 2.44. The smallest absolute Gasteiger partial charge is 0.317 e. The van der Waals surface area contributed by atoms with Crippen LogP contribution in [0.4, 0.5) is 4.79 Å². The molecule has 0 spiro atoms. The molecule has 0 bridgehead atoms. The standard InChI is InChI=1S/C16H23N3O2/c1-3-8-17-16(21)19-11-9-18(10-12-19)15(20)14-7-5-4-6-13(14)2/h4-7H,3,8-12H2,1-2H3,(H,17,21). The number of carbonyl (C=O) groups excluding carboxylic acids is 2. The Balaban J connectivity index is 1.91. The van der Waals surface area contributed by atoms with Gasteiger partial charge in [0, 0.05) is 38.3 Å². The van der Waals surface area contributed by atoms with Crippen LogP contribution in [0.5, 0.6) is 0 Å². The van der Waals surface area contributed by atoms with Gasteiger partial charge in [0.2, 0.25) is 0 Å². The molecule has 5 heteroatoms. The highest BCUT2D eigenvalue weighted by Gasteiger charge is 2.25. The predicted octanol–water partition coefficient (Wildman–Crippen LogP) is 1.87. The van der Waals surface area contributed by atoms with Gasteiger partial charge in [0.1, 0.15) is 0 Å². The number of piperazine rings is 1. The maximum Gasteiger partial charge on any atom is 0.317 e. The van der Waals surface area contributed by atoms with Crippen LogP contribution < -0.4 is 5.32 Å². The van der Waals surface area contributed by atoms with E-state index < -0.39 is 0 Å². The van der Waals surface area contributed by atoms with Gasteiger partial charge in [-0.3, -0.25) is 4.79 Å². The van der Waals surface area contributed by atoms with Gasteiger partial charge in [0.15, 0.2) is 0 Å². The average Bonchev–Trinajstić information content (AvgIpc) is 2.52. The topological polar surface area (TPSA) is 52.7 Å². The van der Waals surface area contributed by atoms with Crippen molar-refractivity contribution < 1.29 is 9.59 Å². The monoisotopic (exact) mass is 289 g/mol. The van der Waals surface area contributed by atoms with Gasteiger partial charge in [0.05, 0.1) is 0 Å². The fourth-order valence-electron chi connectivity index (χ4n) is 2.44. The summed E-state index contributed by atoms with van der Waals surface area (Å²) in [5, 5.41) is 2.87. The third-order valence-corrected chi connectivity index (χ3v) is 3.76. The molecule has 1 N–H and O–H groups in total. The van der Waals surface area contributed by atoms with Gasteiger partial charge >= 0.3 is 6.03 Å². The number of benzene rings is 1. The lowest BCUT2D eigenvalue weighted by Gasteiger charge is -2.35. The molecular formula is C16H23N3O2. The highest BCUT2D eigenvalue weighted by Crippen LogP contribution is 2.12. The molecule has 0 aromatic heterocycles. The molecule has 1 aromatic rings. The van der Waals surface area contributed by atoms with Crippen molar-refractivity contribution in [3.63, 3.8) is 0 Å². The Morgan fingerprint density at radius 3 is 2.33 bits per heavy atom. The number of aryl methyl sites for hydroxylation is 1. The minimum atomic E-state index is -0.0279. The van der Waals surface area contributed by atoms with Crippen LogP contribution in [0.25, 0.3) is 0 Å². The van der Waals surface area contributed by atoms with Crippen molar-refractivity contribution in [2.24, 2.45) is 0 Å². The summed E-state index contributed by atoms with van der Waals surface area (Å²) < 4.78 is 0. The Bertz CT molecular complexity index is 508. The molecule has 3 amide bonds. The number of nitrogens with zero attached hydrogens (tertiary/aromatic N) is 2. The van der Waals surface area contributed by atoms with Crippen molar-refractivity contribution >= 4 is 11.9 Å². The van der Waals surface area contributed by atoms with Crippen molar-refractivity contribution in [1.82, 2.24) is 15.1 Å². The molecule has 1 aliphatic rings. The van der Waals surface area contributed by atoms with E-state index in [2.05, 4.69) is 5.32 Å². The zero-order valence-corrected chi connectivity index (χ0v) is 12.8. The minimum Gasteiger partial charge on any atom is -0.338 e. The Labute approximate surface area is 125 Å². The lowest BCUT2D eigenvalue weighted by molar-refractivity contribution is 0.0664. The van der Waals surface area contributed by atoms with Crippen LogP contribution in [-0.2, 0) is 0 Å². The Kier molecular flexibility index (Phi) is 5.20. The average molecular weight is 289 g/mol. The van der Waals surface area contributed by atoms with Gasteiger partial charge in [0.25, 0.3) is 5.91 Å². The molecule has 0 radical (unpaired) electrons. The van der Waals surface area contributed by atoms with Crippen molar-refractivity contribution in [2.45, 2.75) is 20.3 Å². The Morgan fingerprint density at radius 2 is 1.71 bits per heavy atom. The zero-order chi connectivity index (χ0) is 15.2. The van der Waals surface area contributed by atoms with Crippen molar-refractivity contribution in [2.75, 3.05) is 32.7 Å². The first-order valence-electron chi connectivity index (χ1n) is 7.51. The van der Waals surface area contributed by atoms with Gasteiger partial charge < -0.3 is 15.1 Å². The van der Waals surface area contributed by atoms with Crippen LogP contribution in [0, 0.1) is 6.92 Å². The largest absolute Gasteiger partial charge is 0.338 e. The van der Waals surface area contributed by atoms with E-state index >= 15 is 0 Å². The normalized spacial score (nSPS) is 15.0. The van der Waals surface area contributed by atoms with Crippen LogP contribution in [0.2, 0.25) is 0 Å². The molecule has 114 valence electrons. The second-order valence-electron chi connectivity index (χ2n) is 5.33. The fraction of sp³-hybridized carbons (Fsp3) is 0.500. The first-order valence-corrected chi connectivity index (χ1v) is 7.51. The van der Waals surface area contributed by atoms with E-state index in [9.17, 15) is 9.59 Å². The van der Waals surface area contributed by atoms with E-state index in [1.165, 1.54) is 0 Å². The van der Waals surface area contributed by atoms with Crippen molar-refractivity contribution in [3.8, 4) is 0 Å².